The molecule has 0 aliphatic rings. The topological polar surface area (TPSA) is 21.3 Å². The summed E-state index contributed by atoms with van der Waals surface area (Å²) in [6.45, 7) is 4.45. The minimum absolute atomic E-state index is 0.709. The first-order valence-electron chi connectivity index (χ1n) is 6.93. The molecule has 2 aromatic rings. The molecule has 21 heavy (non-hydrogen) atoms. The Morgan fingerprint density at radius 3 is 2.71 bits per heavy atom. The van der Waals surface area contributed by atoms with E-state index in [-0.39, 0.29) is 0 Å². The van der Waals surface area contributed by atoms with Crippen LogP contribution in [0.5, 0.6) is 0 Å². The fraction of sp³-hybridized carbons (Fsp3) is 0.294. The number of methoxy groups -OCH3 is 1. The van der Waals surface area contributed by atoms with Crippen molar-refractivity contribution in [3.8, 4) is 0 Å². The monoisotopic (exact) mass is 321 g/mol. The second kappa shape index (κ2) is 8.44. The van der Waals surface area contributed by atoms with Gasteiger partial charge >= 0.3 is 0 Å². The normalized spacial score (nSPS) is 10.8. The number of nitrogens with one attached hydrogen (secondary N) is 1. The predicted octanol–water partition coefficient (Wildman–Crippen LogP) is 4.54. The zero-order chi connectivity index (χ0) is 15.1. The van der Waals surface area contributed by atoms with Gasteiger partial charge in [0, 0.05) is 30.0 Å². The number of ether oxygens (including phenoxy) is 1. The van der Waals surface area contributed by atoms with Crippen molar-refractivity contribution in [2.75, 3.05) is 20.3 Å². The van der Waals surface area contributed by atoms with Crippen molar-refractivity contribution < 1.29 is 4.74 Å². The lowest BCUT2D eigenvalue weighted by Gasteiger charge is -2.13. The van der Waals surface area contributed by atoms with E-state index in [2.05, 4.69) is 42.6 Å². The van der Waals surface area contributed by atoms with E-state index in [4.69, 9.17) is 16.3 Å². The third-order valence-electron chi connectivity index (χ3n) is 3.15. The molecule has 0 fully saturated rings. The number of benzene rings is 2. The molecule has 0 aliphatic carbocycles. The van der Waals surface area contributed by atoms with E-state index in [0.29, 0.717) is 6.61 Å². The zero-order valence-corrected chi connectivity index (χ0v) is 13.9. The van der Waals surface area contributed by atoms with E-state index < -0.39 is 0 Å². The lowest BCUT2D eigenvalue weighted by atomic mass is 10.2. The second-order valence-corrected chi connectivity index (χ2v) is 6.22. The fourth-order valence-electron chi connectivity index (χ4n) is 1.99. The zero-order valence-electron chi connectivity index (χ0n) is 12.4. The molecule has 0 aromatic heterocycles. The number of hydrogen-bond donors (Lipinski definition) is 1. The van der Waals surface area contributed by atoms with Crippen LogP contribution in [0.25, 0.3) is 0 Å². The summed E-state index contributed by atoms with van der Waals surface area (Å²) >= 11 is 8.13. The van der Waals surface area contributed by atoms with Crippen LogP contribution in [0.4, 0.5) is 0 Å². The first kappa shape index (κ1) is 16.4. The predicted molar refractivity (Wildman–Crippen MR) is 90.3 cm³/mol. The van der Waals surface area contributed by atoms with Crippen LogP contribution in [0.15, 0.2) is 52.3 Å². The van der Waals surface area contributed by atoms with Crippen molar-refractivity contribution in [1.29, 1.82) is 0 Å². The number of rotatable bonds is 7. The Morgan fingerprint density at radius 2 is 1.95 bits per heavy atom. The van der Waals surface area contributed by atoms with Gasteiger partial charge in [-0.3, -0.25) is 0 Å². The Balaban J connectivity index is 2.16. The molecule has 0 amide bonds. The molecule has 4 heteroatoms. The third kappa shape index (κ3) is 4.75. The van der Waals surface area contributed by atoms with Crippen molar-refractivity contribution in [2.45, 2.75) is 23.3 Å². The molecule has 2 aromatic carbocycles. The first-order valence-corrected chi connectivity index (χ1v) is 8.12. The quantitative estimate of drug-likeness (QED) is 0.757. The summed E-state index contributed by atoms with van der Waals surface area (Å²) in [5, 5.41) is 4.17. The minimum atomic E-state index is 0.709. The van der Waals surface area contributed by atoms with Crippen molar-refractivity contribution in [3.63, 3.8) is 0 Å². The van der Waals surface area contributed by atoms with E-state index in [1.165, 1.54) is 16.0 Å². The van der Waals surface area contributed by atoms with Gasteiger partial charge in [0.15, 0.2) is 0 Å². The summed E-state index contributed by atoms with van der Waals surface area (Å²) in [7, 11) is 1.71. The van der Waals surface area contributed by atoms with Gasteiger partial charge in [-0.15, -0.1) is 0 Å². The molecule has 0 unspecified atom stereocenters. The summed E-state index contributed by atoms with van der Waals surface area (Å²) in [6, 6.07) is 14.4. The van der Waals surface area contributed by atoms with Gasteiger partial charge in [-0.25, -0.2) is 0 Å². The van der Waals surface area contributed by atoms with Crippen molar-refractivity contribution >= 4 is 23.4 Å². The number of aryl methyl sites for hydroxylation is 1. The van der Waals surface area contributed by atoms with E-state index in [9.17, 15) is 0 Å². The van der Waals surface area contributed by atoms with Gasteiger partial charge < -0.3 is 10.1 Å². The number of hydrogen-bond acceptors (Lipinski definition) is 3. The fourth-order valence-corrected chi connectivity index (χ4v) is 3.33. The smallest absolute Gasteiger partial charge is 0.0587 e. The maximum Gasteiger partial charge on any atom is 0.0587 e. The van der Waals surface area contributed by atoms with Crippen LogP contribution in [-0.4, -0.2) is 20.3 Å². The van der Waals surface area contributed by atoms with Gasteiger partial charge in [-0.1, -0.05) is 53.7 Å². The summed E-state index contributed by atoms with van der Waals surface area (Å²) in [6.07, 6.45) is 0. The van der Waals surface area contributed by atoms with Crippen LogP contribution in [0.2, 0.25) is 5.02 Å². The highest BCUT2D eigenvalue weighted by Crippen LogP contribution is 2.37. The van der Waals surface area contributed by atoms with Crippen LogP contribution in [0.3, 0.4) is 0 Å². The van der Waals surface area contributed by atoms with Gasteiger partial charge in [0.1, 0.15) is 0 Å². The van der Waals surface area contributed by atoms with Crippen LogP contribution < -0.4 is 5.32 Å². The highest BCUT2D eigenvalue weighted by Gasteiger charge is 2.10. The minimum Gasteiger partial charge on any atom is -0.383 e. The van der Waals surface area contributed by atoms with Gasteiger partial charge in [0.2, 0.25) is 0 Å². The van der Waals surface area contributed by atoms with Gasteiger partial charge in [-0.05, 0) is 30.2 Å². The molecule has 1 N–H and O–H groups in total. The van der Waals surface area contributed by atoms with E-state index in [0.717, 1.165) is 23.0 Å². The Morgan fingerprint density at radius 1 is 1.14 bits per heavy atom. The lowest BCUT2D eigenvalue weighted by Crippen LogP contribution is -2.18. The molecular formula is C17H20ClNOS. The Bertz CT molecular complexity index is 589. The first-order chi connectivity index (χ1) is 10.2. The maximum absolute atomic E-state index is 6.40. The molecular weight excluding hydrogens is 302 g/mol. The molecule has 0 spiro atoms. The third-order valence-corrected chi connectivity index (χ3v) is 4.94. The molecule has 0 bridgehead atoms. The molecule has 0 saturated carbocycles. The van der Waals surface area contributed by atoms with Crippen molar-refractivity contribution in [1.82, 2.24) is 5.32 Å². The SMILES string of the molecule is COCCNCc1cccc(Cl)c1Sc1ccccc1C. The summed E-state index contributed by atoms with van der Waals surface area (Å²) < 4.78 is 5.05. The standard InChI is InChI=1S/C17H20ClNOS/c1-13-6-3-4-9-16(13)21-17-14(7-5-8-15(17)18)12-19-10-11-20-2/h3-9,19H,10-12H2,1-2H3. The molecule has 0 heterocycles. The van der Waals surface area contributed by atoms with E-state index >= 15 is 0 Å². The average Bonchev–Trinajstić information content (AvgIpc) is 2.49. The Hall–Kier alpha value is -1.00. The maximum atomic E-state index is 6.40. The largest absolute Gasteiger partial charge is 0.383 e. The molecule has 2 rings (SSSR count). The molecule has 0 atom stereocenters. The molecule has 2 nitrogen and oxygen atoms in total. The molecule has 0 saturated heterocycles. The second-order valence-electron chi connectivity index (χ2n) is 4.77. The van der Waals surface area contributed by atoms with Gasteiger partial charge in [0.25, 0.3) is 0 Å². The lowest BCUT2D eigenvalue weighted by molar-refractivity contribution is 0.199. The summed E-state index contributed by atoms with van der Waals surface area (Å²) in [5.41, 5.74) is 2.48. The van der Waals surface area contributed by atoms with Crippen molar-refractivity contribution in [3.05, 3.63) is 58.6 Å². The van der Waals surface area contributed by atoms with Crippen LogP contribution >= 0.6 is 23.4 Å². The van der Waals surface area contributed by atoms with Gasteiger partial charge in [-0.2, -0.15) is 0 Å². The number of halogens is 1. The summed E-state index contributed by atoms with van der Waals surface area (Å²) in [4.78, 5) is 2.36. The van der Waals surface area contributed by atoms with Crippen LogP contribution in [-0.2, 0) is 11.3 Å². The highest BCUT2D eigenvalue weighted by molar-refractivity contribution is 7.99. The van der Waals surface area contributed by atoms with Crippen LogP contribution in [0.1, 0.15) is 11.1 Å². The molecule has 0 aliphatic heterocycles. The van der Waals surface area contributed by atoms with E-state index in [1.54, 1.807) is 18.9 Å². The van der Waals surface area contributed by atoms with Crippen LogP contribution in [0, 0.1) is 6.92 Å². The Labute approximate surface area is 135 Å². The Kier molecular flexibility index (Phi) is 6.58. The van der Waals surface area contributed by atoms with Gasteiger partial charge in [0.05, 0.1) is 11.6 Å². The molecule has 0 radical (unpaired) electrons. The average molecular weight is 322 g/mol. The van der Waals surface area contributed by atoms with E-state index in [1.807, 2.05) is 12.1 Å². The van der Waals surface area contributed by atoms with Crippen molar-refractivity contribution in [2.24, 2.45) is 0 Å². The highest BCUT2D eigenvalue weighted by atomic mass is 35.5. The summed E-state index contributed by atoms with van der Waals surface area (Å²) in [5.74, 6) is 0. The molecule has 112 valence electrons.